The lowest BCUT2D eigenvalue weighted by Gasteiger charge is -2.35. The molecule has 0 bridgehead atoms. The van der Waals surface area contributed by atoms with Gasteiger partial charge in [0.25, 0.3) is 11.8 Å². The largest absolute Gasteiger partial charge is 0.476 e. The van der Waals surface area contributed by atoms with E-state index in [4.69, 9.17) is 14.7 Å². The number of aryl methyl sites for hydroxylation is 2. The van der Waals surface area contributed by atoms with E-state index in [0.717, 1.165) is 55.8 Å². The van der Waals surface area contributed by atoms with Crippen molar-refractivity contribution in [1.29, 1.82) is 0 Å². The van der Waals surface area contributed by atoms with Gasteiger partial charge in [-0.15, -0.1) is 0 Å². The average molecular weight is 460 g/mol. The highest BCUT2D eigenvalue weighted by atomic mass is 16.5. The van der Waals surface area contributed by atoms with Gasteiger partial charge in [0, 0.05) is 38.7 Å². The number of likely N-dealkylation sites (N-methyl/N-ethyl adjacent to an activating group) is 1. The van der Waals surface area contributed by atoms with E-state index < -0.39 is 6.10 Å². The van der Waals surface area contributed by atoms with E-state index in [9.17, 15) is 9.59 Å². The summed E-state index contributed by atoms with van der Waals surface area (Å²) in [5.41, 5.74) is 3.72. The number of rotatable bonds is 3. The van der Waals surface area contributed by atoms with Crippen LogP contribution in [0.1, 0.15) is 59.9 Å². The second kappa shape index (κ2) is 8.11. The lowest BCUT2D eigenvalue weighted by Crippen LogP contribution is -2.50. The number of amides is 2. The Labute approximate surface area is 198 Å². The quantitative estimate of drug-likeness (QED) is 0.599. The van der Waals surface area contributed by atoms with E-state index in [1.807, 2.05) is 24.3 Å². The van der Waals surface area contributed by atoms with Crippen LogP contribution in [0.25, 0.3) is 11.2 Å². The number of carbonyl (C=O) groups excluding carboxylic acids is 2. The highest BCUT2D eigenvalue weighted by molar-refractivity contribution is 6.13. The van der Waals surface area contributed by atoms with Gasteiger partial charge in [-0.1, -0.05) is 18.6 Å². The van der Waals surface area contributed by atoms with Crippen molar-refractivity contribution in [3.63, 3.8) is 0 Å². The number of hydrogen-bond acceptors (Lipinski definition) is 5. The summed E-state index contributed by atoms with van der Waals surface area (Å²) in [4.78, 5) is 40.1. The number of fused-ring (bicyclic) bond motifs is 4. The predicted octanol–water partition coefficient (Wildman–Crippen LogP) is 3.53. The van der Waals surface area contributed by atoms with E-state index in [1.165, 1.54) is 11.3 Å². The number of ether oxygens (including phenoxy) is 1. The summed E-state index contributed by atoms with van der Waals surface area (Å²) in [6, 6.07) is 9.35. The number of benzene rings is 1. The smallest absolute Gasteiger partial charge is 0.265 e. The molecule has 3 aromatic rings. The SMILES string of the molecule is CN(C)C(=O)C1CN(C(=O)c2cc(C3CC3)nc3c2nc2n3CCCCC2)c2ccccc2O1. The van der Waals surface area contributed by atoms with Gasteiger partial charge >= 0.3 is 0 Å². The predicted molar refractivity (Wildman–Crippen MR) is 128 cm³/mol. The fourth-order valence-electron chi connectivity index (χ4n) is 5.05. The second-order valence-corrected chi connectivity index (χ2v) is 9.75. The molecular formula is C26H29N5O3. The first kappa shape index (κ1) is 21.1. The Morgan fingerprint density at radius 2 is 1.91 bits per heavy atom. The van der Waals surface area contributed by atoms with Crippen LogP contribution in [0.5, 0.6) is 5.75 Å². The van der Waals surface area contributed by atoms with Crippen LogP contribution in [0.3, 0.4) is 0 Å². The van der Waals surface area contributed by atoms with Gasteiger partial charge in [-0.05, 0) is 43.9 Å². The molecule has 4 heterocycles. The number of hydrogen-bond donors (Lipinski definition) is 0. The molecule has 1 unspecified atom stereocenters. The Morgan fingerprint density at radius 1 is 1.09 bits per heavy atom. The minimum atomic E-state index is -0.757. The monoisotopic (exact) mass is 459 g/mol. The highest BCUT2D eigenvalue weighted by Crippen LogP contribution is 2.41. The maximum absolute atomic E-state index is 14.2. The maximum atomic E-state index is 14.2. The van der Waals surface area contributed by atoms with Crippen molar-refractivity contribution < 1.29 is 14.3 Å². The molecule has 6 rings (SSSR count). The molecule has 2 aliphatic heterocycles. The molecule has 8 heteroatoms. The van der Waals surface area contributed by atoms with Gasteiger partial charge in [-0.2, -0.15) is 0 Å². The second-order valence-electron chi connectivity index (χ2n) is 9.75. The zero-order chi connectivity index (χ0) is 23.4. The van der Waals surface area contributed by atoms with E-state index in [2.05, 4.69) is 4.57 Å². The maximum Gasteiger partial charge on any atom is 0.265 e. The molecule has 3 aliphatic rings. The van der Waals surface area contributed by atoms with E-state index in [-0.39, 0.29) is 18.4 Å². The Kier molecular flexibility index (Phi) is 5.04. The summed E-state index contributed by atoms with van der Waals surface area (Å²) in [7, 11) is 3.40. The number of anilines is 1. The molecule has 1 aliphatic carbocycles. The fourth-order valence-corrected chi connectivity index (χ4v) is 5.05. The molecule has 1 atom stereocenters. The summed E-state index contributed by atoms with van der Waals surface area (Å²) >= 11 is 0. The molecule has 0 radical (unpaired) electrons. The zero-order valence-electron chi connectivity index (χ0n) is 19.7. The molecular weight excluding hydrogens is 430 g/mol. The van der Waals surface area contributed by atoms with Crippen molar-refractivity contribution in [3.8, 4) is 5.75 Å². The van der Waals surface area contributed by atoms with Crippen LogP contribution in [0.4, 0.5) is 5.69 Å². The molecule has 1 aromatic carbocycles. The first-order chi connectivity index (χ1) is 16.5. The highest BCUT2D eigenvalue weighted by Gasteiger charge is 2.37. The number of imidazole rings is 1. The van der Waals surface area contributed by atoms with Gasteiger partial charge in [0.05, 0.1) is 17.8 Å². The third-order valence-corrected chi connectivity index (χ3v) is 7.05. The van der Waals surface area contributed by atoms with E-state index >= 15 is 0 Å². The van der Waals surface area contributed by atoms with Gasteiger partial charge in [-0.25, -0.2) is 9.97 Å². The molecule has 0 saturated heterocycles. The van der Waals surface area contributed by atoms with E-state index in [1.54, 1.807) is 25.1 Å². The summed E-state index contributed by atoms with van der Waals surface area (Å²) in [6.45, 7) is 1.05. The normalized spacial score (nSPS) is 19.7. The van der Waals surface area contributed by atoms with Crippen molar-refractivity contribution >= 4 is 28.7 Å². The molecule has 1 fully saturated rings. The summed E-state index contributed by atoms with van der Waals surface area (Å²) in [6.07, 6.45) is 5.75. The third-order valence-electron chi connectivity index (χ3n) is 7.05. The first-order valence-electron chi connectivity index (χ1n) is 12.2. The Balaban J connectivity index is 1.47. The van der Waals surface area contributed by atoms with Crippen LogP contribution in [-0.4, -0.2) is 58.0 Å². The number of carbonyl (C=O) groups is 2. The minimum Gasteiger partial charge on any atom is -0.476 e. The molecule has 2 aromatic heterocycles. The standard InChI is InChI=1S/C26H29N5O3/c1-29(2)26(33)21-15-31(19-8-5-6-9-20(19)34-21)25(32)17-14-18(16-11-12-16)27-24-23(17)28-22-10-4-3-7-13-30(22)24/h5-6,8-9,14,16,21H,3-4,7,10-13,15H2,1-2H3. The Bertz CT molecular complexity index is 1290. The summed E-state index contributed by atoms with van der Waals surface area (Å²) in [5, 5.41) is 0. The van der Waals surface area contributed by atoms with Gasteiger partial charge in [0.1, 0.15) is 17.1 Å². The molecule has 2 amide bonds. The zero-order valence-corrected chi connectivity index (χ0v) is 19.7. The Hall–Kier alpha value is -3.42. The van der Waals surface area contributed by atoms with Crippen LogP contribution >= 0.6 is 0 Å². The molecule has 8 nitrogen and oxygen atoms in total. The van der Waals surface area contributed by atoms with Gasteiger partial charge < -0.3 is 19.1 Å². The average Bonchev–Trinajstić information content (AvgIpc) is 3.67. The van der Waals surface area contributed by atoms with Crippen LogP contribution < -0.4 is 9.64 Å². The lowest BCUT2D eigenvalue weighted by molar-refractivity contribution is -0.135. The number of aromatic nitrogens is 3. The topological polar surface area (TPSA) is 80.6 Å². The number of para-hydroxylation sites is 2. The van der Waals surface area contributed by atoms with Crippen molar-refractivity contribution in [2.45, 2.75) is 57.1 Å². The fraction of sp³-hybridized carbons (Fsp3) is 0.462. The Morgan fingerprint density at radius 3 is 2.71 bits per heavy atom. The van der Waals surface area contributed by atoms with Gasteiger partial charge in [0.2, 0.25) is 0 Å². The van der Waals surface area contributed by atoms with Crippen LogP contribution in [0.15, 0.2) is 30.3 Å². The number of nitrogens with zero attached hydrogens (tertiary/aromatic N) is 5. The minimum absolute atomic E-state index is 0.156. The van der Waals surface area contributed by atoms with Crippen molar-refractivity contribution in [2.24, 2.45) is 0 Å². The van der Waals surface area contributed by atoms with Gasteiger partial charge in [0.15, 0.2) is 11.8 Å². The molecule has 0 N–H and O–H groups in total. The van der Waals surface area contributed by atoms with Crippen molar-refractivity contribution in [1.82, 2.24) is 19.4 Å². The van der Waals surface area contributed by atoms with Crippen LogP contribution in [-0.2, 0) is 17.8 Å². The van der Waals surface area contributed by atoms with Crippen LogP contribution in [0, 0.1) is 0 Å². The molecule has 34 heavy (non-hydrogen) atoms. The molecule has 0 spiro atoms. The van der Waals surface area contributed by atoms with Gasteiger partial charge in [-0.3, -0.25) is 9.59 Å². The summed E-state index contributed by atoms with van der Waals surface area (Å²) < 4.78 is 8.21. The number of pyridine rings is 1. The van der Waals surface area contributed by atoms with E-state index in [0.29, 0.717) is 28.4 Å². The molecule has 1 saturated carbocycles. The lowest BCUT2D eigenvalue weighted by atomic mass is 10.1. The van der Waals surface area contributed by atoms with Crippen molar-refractivity contribution in [2.75, 3.05) is 25.5 Å². The molecule has 176 valence electrons. The third kappa shape index (κ3) is 3.52. The first-order valence-corrected chi connectivity index (χ1v) is 12.2. The van der Waals surface area contributed by atoms with Crippen molar-refractivity contribution in [3.05, 3.63) is 47.4 Å². The van der Waals surface area contributed by atoms with Crippen LogP contribution in [0.2, 0.25) is 0 Å². The summed E-state index contributed by atoms with van der Waals surface area (Å²) in [5.74, 6) is 1.64.